The smallest absolute Gasteiger partial charge is 0.243 e. The topological polar surface area (TPSA) is 73.0 Å². The highest BCUT2D eigenvalue weighted by molar-refractivity contribution is 7.89. The summed E-state index contributed by atoms with van der Waals surface area (Å²) in [5.74, 6) is -0.526. The lowest BCUT2D eigenvalue weighted by atomic mass is 10.2. The van der Waals surface area contributed by atoms with Crippen LogP contribution in [-0.2, 0) is 14.8 Å². The molecule has 2 aliphatic heterocycles. The monoisotopic (exact) mass is 494 g/mol. The number of para-hydroxylation sites is 1. The van der Waals surface area contributed by atoms with Crippen molar-refractivity contribution in [2.75, 3.05) is 56.0 Å². The number of halogens is 2. The maximum Gasteiger partial charge on any atom is 0.243 e. The second-order valence-corrected chi connectivity index (χ2v) is 10.7. The van der Waals surface area contributed by atoms with E-state index in [9.17, 15) is 17.6 Å². The van der Waals surface area contributed by atoms with E-state index in [2.05, 4.69) is 5.32 Å². The van der Waals surface area contributed by atoms with Gasteiger partial charge >= 0.3 is 0 Å². The lowest BCUT2D eigenvalue weighted by Gasteiger charge is -2.35. The summed E-state index contributed by atoms with van der Waals surface area (Å²) >= 11 is 6.24. The fourth-order valence-corrected chi connectivity index (χ4v) is 5.97. The Morgan fingerprint density at radius 1 is 0.970 bits per heavy atom. The predicted molar refractivity (Wildman–Crippen MR) is 128 cm³/mol. The standard InChI is InChI=1S/C23H28ClFN4O3S/c24-19-9-8-18(33(31,32)29-10-4-1-5-11-29)16-21(19)26-23(30)17-27-12-14-28(15-13-27)22-7-3-2-6-20(22)25/h2-3,6-9,16H,1,4-5,10-15,17H2,(H,26,30). The third kappa shape index (κ3) is 5.66. The van der Waals surface area contributed by atoms with Gasteiger partial charge in [-0.15, -0.1) is 0 Å². The van der Waals surface area contributed by atoms with E-state index in [0.717, 1.165) is 19.3 Å². The van der Waals surface area contributed by atoms with Crippen LogP contribution in [0.5, 0.6) is 0 Å². The van der Waals surface area contributed by atoms with Crippen LogP contribution in [0.1, 0.15) is 19.3 Å². The Labute approximate surface area is 199 Å². The highest BCUT2D eigenvalue weighted by Gasteiger charge is 2.27. The van der Waals surface area contributed by atoms with Crippen LogP contribution < -0.4 is 10.2 Å². The van der Waals surface area contributed by atoms with E-state index in [1.165, 1.54) is 28.6 Å². The molecule has 1 N–H and O–H groups in total. The molecule has 0 atom stereocenters. The molecule has 0 bridgehead atoms. The molecule has 7 nitrogen and oxygen atoms in total. The zero-order chi connectivity index (χ0) is 23.4. The number of carbonyl (C=O) groups is 1. The third-order valence-corrected chi connectivity index (χ3v) is 8.32. The van der Waals surface area contributed by atoms with E-state index in [-0.39, 0.29) is 33.9 Å². The number of anilines is 2. The van der Waals surface area contributed by atoms with Crippen molar-refractivity contribution < 1.29 is 17.6 Å². The first-order valence-corrected chi connectivity index (χ1v) is 13.0. The van der Waals surface area contributed by atoms with Gasteiger partial charge in [0.2, 0.25) is 15.9 Å². The molecule has 0 aromatic heterocycles. The first-order valence-electron chi connectivity index (χ1n) is 11.2. The maximum atomic E-state index is 14.0. The van der Waals surface area contributed by atoms with E-state index in [1.54, 1.807) is 12.1 Å². The van der Waals surface area contributed by atoms with Crippen LogP contribution >= 0.6 is 11.6 Å². The molecule has 2 aromatic rings. The summed E-state index contributed by atoms with van der Waals surface area (Å²) in [7, 11) is -3.62. The molecule has 0 saturated carbocycles. The summed E-state index contributed by atoms with van der Waals surface area (Å²) < 4.78 is 41.4. The Kier molecular flexibility index (Phi) is 7.53. The molecule has 2 saturated heterocycles. The summed E-state index contributed by atoms with van der Waals surface area (Å²) in [6.07, 6.45) is 2.73. The van der Waals surface area contributed by atoms with Gasteiger partial charge in [0, 0.05) is 39.3 Å². The van der Waals surface area contributed by atoms with Crippen LogP contribution in [0, 0.1) is 5.82 Å². The van der Waals surface area contributed by atoms with E-state index in [1.807, 2.05) is 15.9 Å². The van der Waals surface area contributed by atoms with Crippen molar-refractivity contribution in [3.63, 3.8) is 0 Å². The fourth-order valence-electron chi connectivity index (χ4n) is 4.26. The number of nitrogens with zero attached hydrogens (tertiary/aromatic N) is 3. The van der Waals surface area contributed by atoms with Gasteiger partial charge in [0.25, 0.3) is 0 Å². The van der Waals surface area contributed by atoms with Crippen LogP contribution in [-0.4, -0.2) is 69.3 Å². The average Bonchev–Trinajstić information content (AvgIpc) is 2.82. The maximum absolute atomic E-state index is 14.0. The minimum atomic E-state index is -3.62. The normalized spacial score (nSPS) is 18.3. The predicted octanol–water partition coefficient (Wildman–Crippen LogP) is 3.41. The molecular formula is C23H28ClFN4O3S. The minimum absolute atomic E-state index is 0.127. The van der Waals surface area contributed by atoms with Crippen molar-refractivity contribution in [2.24, 2.45) is 0 Å². The molecule has 2 aromatic carbocycles. The largest absolute Gasteiger partial charge is 0.367 e. The number of piperazine rings is 1. The van der Waals surface area contributed by atoms with Gasteiger partial charge in [-0.1, -0.05) is 30.2 Å². The molecule has 2 fully saturated rings. The number of carbonyl (C=O) groups excluding carboxylic acids is 1. The summed E-state index contributed by atoms with van der Waals surface area (Å²) in [5.41, 5.74) is 0.852. The average molecular weight is 495 g/mol. The molecular weight excluding hydrogens is 467 g/mol. The Balaban J connectivity index is 1.36. The Morgan fingerprint density at radius 2 is 1.67 bits per heavy atom. The molecule has 33 heavy (non-hydrogen) atoms. The van der Waals surface area contributed by atoms with Gasteiger partial charge in [-0.2, -0.15) is 4.31 Å². The van der Waals surface area contributed by atoms with Crippen molar-refractivity contribution in [1.29, 1.82) is 0 Å². The zero-order valence-corrected chi connectivity index (χ0v) is 19.9. The zero-order valence-electron chi connectivity index (χ0n) is 18.3. The number of sulfonamides is 1. The van der Waals surface area contributed by atoms with Crippen molar-refractivity contribution in [3.05, 3.63) is 53.3 Å². The summed E-state index contributed by atoms with van der Waals surface area (Å²) in [4.78, 5) is 16.7. The van der Waals surface area contributed by atoms with Crippen molar-refractivity contribution in [2.45, 2.75) is 24.2 Å². The first kappa shape index (κ1) is 23.9. The number of hydrogen-bond acceptors (Lipinski definition) is 5. The number of amides is 1. The van der Waals surface area contributed by atoms with Gasteiger partial charge in [-0.05, 0) is 43.2 Å². The molecule has 1 amide bonds. The Morgan fingerprint density at radius 3 is 2.36 bits per heavy atom. The lowest BCUT2D eigenvalue weighted by molar-refractivity contribution is -0.117. The number of rotatable bonds is 6. The summed E-state index contributed by atoms with van der Waals surface area (Å²) in [6, 6.07) is 11.1. The van der Waals surface area contributed by atoms with Crippen molar-refractivity contribution >= 4 is 38.9 Å². The Hall–Kier alpha value is -2.20. The van der Waals surface area contributed by atoms with Gasteiger partial charge in [-0.25, -0.2) is 12.8 Å². The summed E-state index contributed by atoms with van der Waals surface area (Å²) in [6.45, 7) is 3.59. The van der Waals surface area contributed by atoms with Gasteiger partial charge in [0.15, 0.2) is 0 Å². The third-order valence-electron chi connectivity index (χ3n) is 6.10. The van der Waals surface area contributed by atoms with E-state index in [0.29, 0.717) is 45.0 Å². The van der Waals surface area contributed by atoms with Gasteiger partial charge in [-0.3, -0.25) is 9.69 Å². The molecule has 178 valence electrons. The second-order valence-electron chi connectivity index (χ2n) is 8.37. The Bertz CT molecular complexity index is 1100. The van der Waals surface area contributed by atoms with Crippen molar-refractivity contribution in [1.82, 2.24) is 9.21 Å². The summed E-state index contributed by atoms with van der Waals surface area (Å²) in [5, 5.41) is 3.04. The van der Waals surface area contributed by atoms with E-state index in [4.69, 9.17) is 11.6 Å². The SMILES string of the molecule is O=C(CN1CCN(c2ccccc2F)CC1)Nc1cc(S(=O)(=O)N2CCCCC2)ccc1Cl. The van der Waals surface area contributed by atoms with Crippen molar-refractivity contribution in [3.8, 4) is 0 Å². The number of nitrogens with one attached hydrogen (secondary N) is 1. The number of hydrogen-bond donors (Lipinski definition) is 1. The second kappa shape index (κ2) is 10.4. The van der Waals surface area contributed by atoms with E-state index < -0.39 is 10.0 Å². The quantitative estimate of drug-likeness (QED) is 0.666. The number of benzene rings is 2. The van der Waals surface area contributed by atoms with Gasteiger partial charge in [0.05, 0.1) is 27.8 Å². The molecule has 10 heteroatoms. The molecule has 4 rings (SSSR count). The van der Waals surface area contributed by atoms with E-state index >= 15 is 0 Å². The van der Waals surface area contributed by atoms with Crippen LogP contribution in [0.25, 0.3) is 0 Å². The van der Waals surface area contributed by atoms with Crippen LogP contribution in [0.4, 0.5) is 15.8 Å². The van der Waals surface area contributed by atoms with Crippen LogP contribution in [0.2, 0.25) is 5.02 Å². The molecule has 0 aliphatic carbocycles. The van der Waals surface area contributed by atoms with Gasteiger partial charge < -0.3 is 10.2 Å². The van der Waals surface area contributed by atoms with Crippen LogP contribution in [0.3, 0.4) is 0 Å². The first-order chi connectivity index (χ1) is 15.8. The molecule has 2 aliphatic rings. The molecule has 0 unspecified atom stereocenters. The molecule has 2 heterocycles. The highest BCUT2D eigenvalue weighted by atomic mass is 35.5. The highest BCUT2D eigenvalue weighted by Crippen LogP contribution is 2.28. The molecule has 0 spiro atoms. The number of piperidine rings is 1. The van der Waals surface area contributed by atoms with Crippen LogP contribution in [0.15, 0.2) is 47.4 Å². The minimum Gasteiger partial charge on any atom is -0.367 e. The van der Waals surface area contributed by atoms with Gasteiger partial charge in [0.1, 0.15) is 5.82 Å². The lowest BCUT2D eigenvalue weighted by Crippen LogP contribution is -2.48. The molecule has 0 radical (unpaired) electrons. The fraction of sp³-hybridized carbons (Fsp3) is 0.435.